The van der Waals surface area contributed by atoms with Crippen LogP contribution >= 0.6 is 0 Å². The standard InChI is InChI=1S/C15H18N4/c1-2-4-13-14(5-3-1)18-11-19-15(13)17-10-12-6-8-16-9-7-12/h6-9,11H,1-5,10H2,(H,17,18,19). The smallest absolute Gasteiger partial charge is 0.133 e. The third kappa shape index (κ3) is 2.89. The molecule has 1 aliphatic carbocycles. The summed E-state index contributed by atoms with van der Waals surface area (Å²) in [5.41, 5.74) is 3.76. The van der Waals surface area contributed by atoms with Crippen molar-refractivity contribution in [1.82, 2.24) is 15.0 Å². The number of hydrogen-bond donors (Lipinski definition) is 1. The van der Waals surface area contributed by atoms with E-state index >= 15 is 0 Å². The Morgan fingerprint density at radius 1 is 1.00 bits per heavy atom. The zero-order valence-electron chi connectivity index (χ0n) is 11.0. The van der Waals surface area contributed by atoms with E-state index in [0.717, 1.165) is 25.2 Å². The molecule has 0 saturated heterocycles. The van der Waals surface area contributed by atoms with Gasteiger partial charge in [-0.1, -0.05) is 6.42 Å². The lowest BCUT2D eigenvalue weighted by atomic mass is 10.1. The number of nitrogens with zero attached hydrogens (tertiary/aromatic N) is 3. The molecule has 2 heterocycles. The second-order valence-electron chi connectivity index (χ2n) is 4.92. The average Bonchev–Trinajstić information content (AvgIpc) is 2.72. The minimum atomic E-state index is 0.784. The summed E-state index contributed by atoms with van der Waals surface area (Å²) in [4.78, 5) is 12.9. The summed E-state index contributed by atoms with van der Waals surface area (Å²) in [7, 11) is 0. The average molecular weight is 254 g/mol. The maximum atomic E-state index is 4.43. The molecule has 0 saturated carbocycles. The molecule has 0 unspecified atom stereocenters. The molecule has 4 nitrogen and oxygen atoms in total. The molecular weight excluding hydrogens is 236 g/mol. The van der Waals surface area contributed by atoms with Crippen molar-refractivity contribution in [1.29, 1.82) is 0 Å². The van der Waals surface area contributed by atoms with E-state index in [9.17, 15) is 0 Å². The van der Waals surface area contributed by atoms with Crippen LogP contribution in [0.2, 0.25) is 0 Å². The van der Waals surface area contributed by atoms with Crippen molar-refractivity contribution in [2.24, 2.45) is 0 Å². The van der Waals surface area contributed by atoms with Crippen LogP contribution in [0.4, 0.5) is 5.82 Å². The highest BCUT2D eigenvalue weighted by Gasteiger charge is 2.13. The maximum absolute atomic E-state index is 4.43. The monoisotopic (exact) mass is 254 g/mol. The van der Waals surface area contributed by atoms with Gasteiger partial charge in [-0.2, -0.15) is 0 Å². The Morgan fingerprint density at radius 3 is 2.74 bits per heavy atom. The summed E-state index contributed by atoms with van der Waals surface area (Å²) in [5, 5.41) is 3.44. The second kappa shape index (κ2) is 5.78. The molecule has 0 amide bonds. The molecule has 0 aliphatic heterocycles. The summed E-state index contributed by atoms with van der Waals surface area (Å²) >= 11 is 0. The summed E-state index contributed by atoms with van der Waals surface area (Å²) in [6.07, 6.45) is 11.3. The van der Waals surface area contributed by atoms with Crippen LogP contribution in [0.15, 0.2) is 30.9 Å². The Balaban J connectivity index is 1.78. The first-order valence-electron chi connectivity index (χ1n) is 6.89. The Bertz CT molecular complexity index is 539. The van der Waals surface area contributed by atoms with Gasteiger partial charge in [0.05, 0.1) is 0 Å². The molecule has 1 aliphatic rings. The first kappa shape index (κ1) is 12.1. The van der Waals surface area contributed by atoms with Gasteiger partial charge in [-0.25, -0.2) is 9.97 Å². The van der Waals surface area contributed by atoms with Gasteiger partial charge in [0.1, 0.15) is 12.1 Å². The third-order valence-corrected chi connectivity index (χ3v) is 3.58. The van der Waals surface area contributed by atoms with Crippen LogP contribution in [0.25, 0.3) is 0 Å². The molecule has 3 rings (SSSR count). The van der Waals surface area contributed by atoms with Crippen molar-refractivity contribution >= 4 is 5.82 Å². The zero-order valence-corrected chi connectivity index (χ0v) is 11.0. The van der Waals surface area contributed by atoms with Gasteiger partial charge < -0.3 is 5.32 Å². The van der Waals surface area contributed by atoms with Crippen molar-refractivity contribution in [3.63, 3.8) is 0 Å². The van der Waals surface area contributed by atoms with E-state index in [2.05, 4.69) is 20.3 Å². The van der Waals surface area contributed by atoms with Gasteiger partial charge in [0.25, 0.3) is 0 Å². The van der Waals surface area contributed by atoms with Gasteiger partial charge in [0.15, 0.2) is 0 Å². The van der Waals surface area contributed by atoms with Gasteiger partial charge in [-0.15, -0.1) is 0 Å². The lowest BCUT2D eigenvalue weighted by Crippen LogP contribution is -2.07. The van der Waals surface area contributed by atoms with Crippen LogP contribution in [0, 0.1) is 0 Å². The predicted molar refractivity (Wildman–Crippen MR) is 74.9 cm³/mol. The lowest BCUT2D eigenvalue weighted by Gasteiger charge is -2.12. The van der Waals surface area contributed by atoms with E-state index in [0.29, 0.717) is 0 Å². The zero-order chi connectivity index (χ0) is 12.9. The highest BCUT2D eigenvalue weighted by molar-refractivity contribution is 5.46. The first-order chi connectivity index (χ1) is 9.43. The number of aryl methyl sites for hydroxylation is 1. The van der Waals surface area contributed by atoms with E-state index < -0.39 is 0 Å². The fraction of sp³-hybridized carbons (Fsp3) is 0.400. The SMILES string of the molecule is c1cc(CNc2ncnc3c2CCCCC3)ccn1. The Labute approximate surface area is 113 Å². The van der Waals surface area contributed by atoms with E-state index in [-0.39, 0.29) is 0 Å². The topological polar surface area (TPSA) is 50.7 Å². The Kier molecular flexibility index (Phi) is 3.68. The molecule has 0 radical (unpaired) electrons. The van der Waals surface area contributed by atoms with Gasteiger partial charge in [-0.05, 0) is 43.4 Å². The van der Waals surface area contributed by atoms with Gasteiger partial charge >= 0.3 is 0 Å². The van der Waals surface area contributed by atoms with Gasteiger partial charge in [0, 0.05) is 30.2 Å². The Hall–Kier alpha value is -1.97. The molecule has 19 heavy (non-hydrogen) atoms. The molecule has 98 valence electrons. The van der Waals surface area contributed by atoms with E-state index in [4.69, 9.17) is 0 Å². The molecule has 4 heteroatoms. The van der Waals surface area contributed by atoms with Crippen LogP contribution in [-0.2, 0) is 19.4 Å². The van der Waals surface area contributed by atoms with Crippen molar-refractivity contribution in [3.05, 3.63) is 47.7 Å². The van der Waals surface area contributed by atoms with Gasteiger partial charge in [-0.3, -0.25) is 4.98 Å². The first-order valence-corrected chi connectivity index (χ1v) is 6.89. The van der Waals surface area contributed by atoms with E-state index in [1.54, 1.807) is 6.33 Å². The molecule has 0 atom stereocenters. The molecular formula is C15H18N4. The Morgan fingerprint density at radius 2 is 1.84 bits per heavy atom. The number of aromatic nitrogens is 3. The fourth-order valence-electron chi connectivity index (χ4n) is 2.54. The summed E-state index contributed by atoms with van der Waals surface area (Å²) in [6.45, 7) is 0.784. The summed E-state index contributed by atoms with van der Waals surface area (Å²) < 4.78 is 0. The molecule has 0 fully saturated rings. The van der Waals surface area contributed by atoms with Crippen LogP contribution < -0.4 is 5.32 Å². The van der Waals surface area contributed by atoms with Crippen molar-refractivity contribution in [2.75, 3.05) is 5.32 Å². The van der Waals surface area contributed by atoms with Crippen LogP contribution in [0.3, 0.4) is 0 Å². The normalized spacial score (nSPS) is 14.5. The van der Waals surface area contributed by atoms with Crippen molar-refractivity contribution in [3.8, 4) is 0 Å². The van der Waals surface area contributed by atoms with Crippen molar-refractivity contribution < 1.29 is 0 Å². The highest BCUT2D eigenvalue weighted by Crippen LogP contribution is 2.24. The maximum Gasteiger partial charge on any atom is 0.133 e. The predicted octanol–water partition coefficient (Wildman–Crippen LogP) is 2.75. The van der Waals surface area contributed by atoms with Gasteiger partial charge in [0.2, 0.25) is 0 Å². The molecule has 2 aromatic heterocycles. The van der Waals surface area contributed by atoms with E-state index in [1.807, 2.05) is 24.5 Å². The highest BCUT2D eigenvalue weighted by atomic mass is 15.0. The lowest BCUT2D eigenvalue weighted by molar-refractivity contribution is 0.709. The quantitative estimate of drug-likeness (QED) is 0.856. The summed E-state index contributed by atoms with van der Waals surface area (Å²) in [5.74, 6) is 1.00. The van der Waals surface area contributed by atoms with Crippen LogP contribution in [0.1, 0.15) is 36.1 Å². The fourth-order valence-corrected chi connectivity index (χ4v) is 2.54. The van der Waals surface area contributed by atoms with Crippen LogP contribution in [0.5, 0.6) is 0 Å². The number of fused-ring (bicyclic) bond motifs is 1. The van der Waals surface area contributed by atoms with Crippen LogP contribution in [-0.4, -0.2) is 15.0 Å². The minimum absolute atomic E-state index is 0.784. The molecule has 0 bridgehead atoms. The third-order valence-electron chi connectivity index (χ3n) is 3.58. The molecule has 0 spiro atoms. The number of pyridine rings is 1. The number of anilines is 1. The molecule has 0 aromatic carbocycles. The molecule has 2 aromatic rings. The largest absolute Gasteiger partial charge is 0.366 e. The number of hydrogen-bond acceptors (Lipinski definition) is 4. The second-order valence-corrected chi connectivity index (χ2v) is 4.92. The number of nitrogens with one attached hydrogen (secondary N) is 1. The minimum Gasteiger partial charge on any atom is -0.366 e. The van der Waals surface area contributed by atoms with E-state index in [1.165, 1.54) is 36.1 Å². The number of rotatable bonds is 3. The van der Waals surface area contributed by atoms with Crippen molar-refractivity contribution in [2.45, 2.75) is 38.6 Å². The summed E-state index contributed by atoms with van der Waals surface area (Å²) in [6, 6.07) is 4.04. The molecule has 1 N–H and O–H groups in total.